The van der Waals surface area contributed by atoms with Crippen molar-refractivity contribution < 1.29 is 22.8 Å². The Balaban J connectivity index is 2.54. The lowest BCUT2D eigenvalue weighted by Crippen LogP contribution is -2.56. The summed E-state index contributed by atoms with van der Waals surface area (Å²) in [4.78, 5) is 27.1. The van der Waals surface area contributed by atoms with Crippen LogP contribution in [-0.2, 0) is 4.79 Å². The van der Waals surface area contributed by atoms with Gasteiger partial charge in [-0.3, -0.25) is 9.69 Å². The topological polar surface area (TPSA) is 52.7 Å². The van der Waals surface area contributed by atoms with Crippen molar-refractivity contribution in [3.8, 4) is 0 Å². The molecule has 1 rings (SSSR count). The van der Waals surface area contributed by atoms with E-state index in [2.05, 4.69) is 5.32 Å². The van der Waals surface area contributed by atoms with Crippen molar-refractivity contribution in [3.05, 3.63) is 0 Å². The quantitative estimate of drug-likeness (QED) is 0.836. The number of carbonyl (C=O) groups is 2. The fourth-order valence-corrected chi connectivity index (χ4v) is 2.51. The molecule has 1 fully saturated rings. The summed E-state index contributed by atoms with van der Waals surface area (Å²) in [5, 5.41) is 2.73. The predicted molar refractivity (Wildman–Crippen MR) is 81.1 cm³/mol. The smallest absolute Gasteiger partial charge is 0.328 e. The van der Waals surface area contributed by atoms with Gasteiger partial charge >= 0.3 is 12.2 Å². The lowest BCUT2D eigenvalue weighted by atomic mass is 9.93. The van der Waals surface area contributed by atoms with Gasteiger partial charge < -0.3 is 10.2 Å². The van der Waals surface area contributed by atoms with Crippen LogP contribution in [0, 0.1) is 11.8 Å². The summed E-state index contributed by atoms with van der Waals surface area (Å²) >= 11 is 0. The summed E-state index contributed by atoms with van der Waals surface area (Å²) in [7, 11) is 0. The van der Waals surface area contributed by atoms with E-state index in [1.165, 1.54) is 9.80 Å². The third-order valence-electron chi connectivity index (χ3n) is 3.88. The Labute approximate surface area is 135 Å². The van der Waals surface area contributed by atoms with E-state index < -0.39 is 18.8 Å². The Bertz CT molecular complexity index is 417. The van der Waals surface area contributed by atoms with Gasteiger partial charge in [-0.05, 0) is 5.92 Å². The highest BCUT2D eigenvalue weighted by Crippen LogP contribution is 2.17. The van der Waals surface area contributed by atoms with E-state index in [0.29, 0.717) is 0 Å². The highest BCUT2D eigenvalue weighted by molar-refractivity contribution is 5.90. The zero-order valence-electron chi connectivity index (χ0n) is 14.1. The molecule has 0 aliphatic carbocycles. The van der Waals surface area contributed by atoms with Crippen molar-refractivity contribution in [2.75, 3.05) is 32.7 Å². The van der Waals surface area contributed by atoms with Crippen molar-refractivity contribution >= 4 is 11.8 Å². The molecule has 0 aromatic carbocycles. The number of piperazine rings is 1. The second-order valence-electron chi connectivity index (χ2n) is 6.61. The lowest BCUT2D eigenvalue weighted by molar-refractivity contribution is -0.148. The number of nitrogens with one attached hydrogen (secondary N) is 1. The Kier molecular flexibility index (Phi) is 6.85. The number of hydrogen-bond donors (Lipinski definition) is 1. The van der Waals surface area contributed by atoms with Gasteiger partial charge in [0.05, 0.1) is 12.6 Å². The number of carbonyl (C=O) groups excluding carboxylic acids is 2. The van der Waals surface area contributed by atoms with Gasteiger partial charge in [0.2, 0.25) is 0 Å². The maximum absolute atomic E-state index is 12.3. The molecule has 134 valence electrons. The molecule has 1 N–H and O–H groups in total. The normalized spacial score (nSPS) is 18.4. The minimum absolute atomic E-state index is 0.0379. The van der Waals surface area contributed by atoms with E-state index in [1.54, 1.807) is 13.8 Å². The molecule has 0 aromatic heterocycles. The SMILES string of the molecule is CC(C)C(=O)[C@@H](NC(=O)N1CCN(CC(F)(F)F)CC1)C(C)C. The third-order valence-corrected chi connectivity index (χ3v) is 3.88. The van der Waals surface area contributed by atoms with E-state index in [9.17, 15) is 22.8 Å². The molecule has 1 atom stereocenters. The highest BCUT2D eigenvalue weighted by Gasteiger charge is 2.34. The molecule has 0 unspecified atom stereocenters. The van der Waals surface area contributed by atoms with Gasteiger partial charge in [0.25, 0.3) is 0 Å². The molecule has 0 spiro atoms. The average molecular weight is 337 g/mol. The zero-order chi connectivity index (χ0) is 17.8. The second kappa shape index (κ2) is 7.99. The van der Waals surface area contributed by atoms with Gasteiger partial charge in [-0.15, -0.1) is 0 Å². The first kappa shape index (κ1) is 19.7. The standard InChI is InChI=1S/C15H26F3N3O2/c1-10(2)12(13(22)11(3)4)19-14(23)21-7-5-20(6-8-21)9-15(16,17)18/h10-12H,5-9H2,1-4H3,(H,19,23)/t12-/m0/s1. The van der Waals surface area contributed by atoms with E-state index in [-0.39, 0.29) is 49.8 Å². The van der Waals surface area contributed by atoms with Crippen LogP contribution in [0.3, 0.4) is 0 Å². The van der Waals surface area contributed by atoms with Crippen LogP contribution < -0.4 is 5.32 Å². The predicted octanol–water partition coefficient (Wildman–Crippen LogP) is 2.13. The summed E-state index contributed by atoms with van der Waals surface area (Å²) in [6.45, 7) is 7.11. The van der Waals surface area contributed by atoms with Crippen LogP contribution in [0.2, 0.25) is 0 Å². The van der Waals surface area contributed by atoms with Crippen LogP contribution in [0.25, 0.3) is 0 Å². The van der Waals surface area contributed by atoms with Gasteiger partial charge in [0.1, 0.15) is 0 Å². The van der Waals surface area contributed by atoms with Crippen LogP contribution in [0.4, 0.5) is 18.0 Å². The first-order valence-corrected chi connectivity index (χ1v) is 7.89. The van der Waals surface area contributed by atoms with Crippen LogP contribution in [0.5, 0.6) is 0 Å². The molecule has 1 heterocycles. The fraction of sp³-hybridized carbons (Fsp3) is 0.867. The number of alkyl halides is 3. The van der Waals surface area contributed by atoms with Crippen LogP contribution in [-0.4, -0.2) is 66.6 Å². The van der Waals surface area contributed by atoms with Crippen molar-refractivity contribution in [1.29, 1.82) is 0 Å². The lowest BCUT2D eigenvalue weighted by Gasteiger charge is -2.36. The molecule has 0 bridgehead atoms. The van der Waals surface area contributed by atoms with E-state index in [1.807, 2.05) is 13.8 Å². The monoisotopic (exact) mass is 337 g/mol. The minimum Gasteiger partial charge on any atom is -0.328 e. The molecule has 0 radical (unpaired) electrons. The van der Waals surface area contributed by atoms with Gasteiger partial charge in [-0.2, -0.15) is 13.2 Å². The molecule has 23 heavy (non-hydrogen) atoms. The van der Waals surface area contributed by atoms with Crippen molar-refractivity contribution in [1.82, 2.24) is 15.1 Å². The summed E-state index contributed by atoms with van der Waals surface area (Å²) in [5.74, 6) is -0.268. The maximum Gasteiger partial charge on any atom is 0.401 e. The van der Waals surface area contributed by atoms with Gasteiger partial charge in [-0.25, -0.2) is 4.79 Å². The van der Waals surface area contributed by atoms with Crippen molar-refractivity contribution in [2.45, 2.75) is 39.9 Å². The number of ketones is 1. The summed E-state index contributed by atoms with van der Waals surface area (Å²) in [6.07, 6.45) is -4.23. The maximum atomic E-state index is 12.3. The second-order valence-corrected chi connectivity index (χ2v) is 6.61. The number of rotatable bonds is 5. The molecule has 0 saturated carbocycles. The number of hydrogen-bond acceptors (Lipinski definition) is 3. The number of amides is 2. The summed E-state index contributed by atoms with van der Waals surface area (Å²) in [5.41, 5.74) is 0. The number of urea groups is 1. The molecular formula is C15H26F3N3O2. The minimum atomic E-state index is -4.23. The largest absolute Gasteiger partial charge is 0.401 e. The zero-order valence-corrected chi connectivity index (χ0v) is 14.1. The van der Waals surface area contributed by atoms with Crippen molar-refractivity contribution in [3.63, 3.8) is 0 Å². The number of Topliss-reactive ketones (excluding diaryl/α,β-unsaturated/α-hetero) is 1. The first-order chi connectivity index (χ1) is 10.5. The summed E-state index contributed by atoms with van der Waals surface area (Å²) < 4.78 is 37.0. The summed E-state index contributed by atoms with van der Waals surface area (Å²) in [6, 6.07) is -0.958. The highest BCUT2D eigenvalue weighted by atomic mass is 19.4. The molecule has 1 aliphatic rings. The molecular weight excluding hydrogens is 311 g/mol. The molecule has 1 saturated heterocycles. The molecule has 5 nitrogen and oxygen atoms in total. The Morgan fingerprint density at radius 1 is 1.04 bits per heavy atom. The van der Waals surface area contributed by atoms with Gasteiger partial charge in [-0.1, -0.05) is 27.7 Å². The third kappa shape index (κ3) is 6.37. The molecule has 1 aliphatic heterocycles. The van der Waals surface area contributed by atoms with Crippen LogP contribution in [0.15, 0.2) is 0 Å². The van der Waals surface area contributed by atoms with E-state index >= 15 is 0 Å². The molecule has 2 amide bonds. The first-order valence-electron chi connectivity index (χ1n) is 7.89. The Morgan fingerprint density at radius 3 is 1.96 bits per heavy atom. The van der Waals surface area contributed by atoms with E-state index in [0.717, 1.165) is 0 Å². The number of nitrogens with zero attached hydrogens (tertiary/aromatic N) is 2. The van der Waals surface area contributed by atoms with Gasteiger partial charge in [0, 0.05) is 32.1 Å². The van der Waals surface area contributed by atoms with Crippen LogP contribution in [0.1, 0.15) is 27.7 Å². The Morgan fingerprint density at radius 2 is 1.57 bits per heavy atom. The van der Waals surface area contributed by atoms with Crippen molar-refractivity contribution in [2.24, 2.45) is 11.8 Å². The van der Waals surface area contributed by atoms with Crippen LogP contribution >= 0.6 is 0 Å². The fourth-order valence-electron chi connectivity index (χ4n) is 2.51. The number of halogens is 3. The Hall–Kier alpha value is -1.31. The van der Waals surface area contributed by atoms with E-state index in [4.69, 9.17) is 0 Å². The average Bonchev–Trinajstić information content (AvgIpc) is 2.42. The van der Waals surface area contributed by atoms with Gasteiger partial charge in [0.15, 0.2) is 5.78 Å². The molecule has 0 aromatic rings. The molecule has 8 heteroatoms.